The summed E-state index contributed by atoms with van der Waals surface area (Å²) in [7, 11) is 0. The van der Waals surface area contributed by atoms with Crippen molar-refractivity contribution < 1.29 is 19.0 Å². The molecule has 0 fully saturated rings. The van der Waals surface area contributed by atoms with Crippen LogP contribution in [0.4, 0.5) is 4.39 Å². The maximum atomic E-state index is 12.9. The molecular formula is C14H9FO3. The molecule has 0 aliphatic carbocycles. The van der Waals surface area contributed by atoms with E-state index in [4.69, 9.17) is 4.74 Å². The minimum atomic E-state index is -0.604. The number of rotatable bonds is 1. The van der Waals surface area contributed by atoms with Gasteiger partial charge in [0.2, 0.25) is 0 Å². The normalized spacial score (nSPS) is 17.4. The van der Waals surface area contributed by atoms with Gasteiger partial charge in [0, 0.05) is 5.56 Å². The van der Waals surface area contributed by atoms with E-state index in [0.717, 1.165) is 0 Å². The first-order chi connectivity index (χ1) is 8.65. The molecule has 0 spiro atoms. The molecule has 0 bridgehead atoms. The summed E-state index contributed by atoms with van der Waals surface area (Å²) in [6.45, 7) is 0. The fourth-order valence-electron chi connectivity index (χ4n) is 2.12. The van der Waals surface area contributed by atoms with Gasteiger partial charge in [0.05, 0.1) is 0 Å². The van der Waals surface area contributed by atoms with Crippen LogP contribution in [0.25, 0.3) is 0 Å². The number of hydrogen-bond acceptors (Lipinski definition) is 3. The van der Waals surface area contributed by atoms with Crippen LogP contribution in [0.2, 0.25) is 0 Å². The lowest BCUT2D eigenvalue weighted by atomic mass is 9.92. The molecule has 0 amide bonds. The van der Waals surface area contributed by atoms with Gasteiger partial charge in [-0.2, -0.15) is 0 Å². The van der Waals surface area contributed by atoms with Gasteiger partial charge in [-0.05, 0) is 35.9 Å². The molecular weight excluding hydrogens is 235 g/mol. The van der Waals surface area contributed by atoms with Crippen LogP contribution in [0.5, 0.6) is 11.5 Å². The quantitative estimate of drug-likeness (QED) is 0.619. The molecule has 0 radical (unpaired) electrons. The van der Waals surface area contributed by atoms with Gasteiger partial charge < -0.3 is 9.84 Å². The molecule has 1 atom stereocenters. The monoisotopic (exact) mass is 244 g/mol. The van der Waals surface area contributed by atoms with E-state index in [2.05, 4.69) is 0 Å². The summed E-state index contributed by atoms with van der Waals surface area (Å²) in [6, 6.07) is 10.2. The van der Waals surface area contributed by atoms with Crippen molar-refractivity contribution in [3.8, 4) is 11.5 Å². The van der Waals surface area contributed by atoms with Crippen molar-refractivity contribution in [1.29, 1.82) is 0 Å². The van der Waals surface area contributed by atoms with Crippen LogP contribution in [-0.2, 0) is 4.79 Å². The first-order valence-corrected chi connectivity index (χ1v) is 5.45. The van der Waals surface area contributed by atoms with E-state index in [-0.39, 0.29) is 11.6 Å². The molecule has 0 saturated carbocycles. The molecule has 1 aliphatic rings. The standard InChI is InChI=1S/C14H9FO3/c15-9-3-1-8(2-4-9)13-11-7-10(16)5-6-12(11)18-14(13)17/h1-7,13,16H. The van der Waals surface area contributed by atoms with Crippen molar-refractivity contribution in [3.05, 3.63) is 59.4 Å². The summed E-state index contributed by atoms with van der Waals surface area (Å²) in [5.41, 5.74) is 1.25. The molecule has 1 aliphatic heterocycles. The lowest BCUT2D eigenvalue weighted by Gasteiger charge is -2.07. The number of halogens is 1. The van der Waals surface area contributed by atoms with Gasteiger partial charge in [-0.3, -0.25) is 4.79 Å². The Morgan fingerprint density at radius 2 is 1.83 bits per heavy atom. The van der Waals surface area contributed by atoms with Crippen LogP contribution in [0.15, 0.2) is 42.5 Å². The second-order valence-corrected chi connectivity index (χ2v) is 4.13. The van der Waals surface area contributed by atoms with E-state index in [1.54, 1.807) is 18.2 Å². The van der Waals surface area contributed by atoms with Crippen molar-refractivity contribution in [2.24, 2.45) is 0 Å². The Balaban J connectivity index is 2.11. The zero-order valence-corrected chi connectivity index (χ0v) is 9.26. The molecule has 0 aromatic heterocycles. The molecule has 3 rings (SSSR count). The van der Waals surface area contributed by atoms with E-state index in [1.165, 1.54) is 24.3 Å². The molecule has 2 aromatic carbocycles. The first-order valence-electron chi connectivity index (χ1n) is 5.45. The van der Waals surface area contributed by atoms with Crippen LogP contribution in [0.3, 0.4) is 0 Å². The summed E-state index contributed by atoms with van der Waals surface area (Å²) >= 11 is 0. The Morgan fingerprint density at radius 1 is 1.11 bits per heavy atom. The fourth-order valence-corrected chi connectivity index (χ4v) is 2.12. The predicted molar refractivity (Wildman–Crippen MR) is 62.0 cm³/mol. The van der Waals surface area contributed by atoms with Crippen LogP contribution < -0.4 is 4.74 Å². The van der Waals surface area contributed by atoms with Crippen molar-refractivity contribution in [1.82, 2.24) is 0 Å². The average Bonchev–Trinajstić information content (AvgIpc) is 2.66. The molecule has 1 unspecified atom stereocenters. The minimum absolute atomic E-state index is 0.0687. The number of fused-ring (bicyclic) bond motifs is 1. The SMILES string of the molecule is O=C1Oc2ccc(O)cc2C1c1ccc(F)cc1. The van der Waals surface area contributed by atoms with Gasteiger partial charge in [0.25, 0.3) is 0 Å². The average molecular weight is 244 g/mol. The number of aromatic hydroxyl groups is 1. The smallest absolute Gasteiger partial charge is 0.323 e. The maximum absolute atomic E-state index is 12.9. The number of phenols is 1. The third kappa shape index (κ3) is 1.62. The fraction of sp³-hybridized carbons (Fsp3) is 0.0714. The molecule has 0 saturated heterocycles. The number of phenolic OH excluding ortho intramolecular Hbond substituents is 1. The third-order valence-corrected chi connectivity index (χ3v) is 2.95. The minimum Gasteiger partial charge on any atom is -0.508 e. The number of benzene rings is 2. The number of carbonyl (C=O) groups excluding carboxylic acids is 1. The van der Waals surface area contributed by atoms with Crippen LogP contribution in [0.1, 0.15) is 17.0 Å². The highest BCUT2D eigenvalue weighted by atomic mass is 19.1. The maximum Gasteiger partial charge on any atom is 0.323 e. The Labute approximate surface area is 102 Å². The lowest BCUT2D eigenvalue weighted by Crippen LogP contribution is -2.11. The Hall–Kier alpha value is -2.36. The van der Waals surface area contributed by atoms with Gasteiger partial charge in [-0.1, -0.05) is 12.1 Å². The van der Waals surface area contributed by atoms with Gasteiger partial charge in [-0.15, -0.1) is 0 Å². The van der Waals surface area contributed by atoms with E-state index >= 15 is 0 Å². The number of carbonyl (C=O) groups is 1. The summed E-state index contributed by atoms with van der Waals surface area (Å²) < 4.78 is 18.0. The highest BCUT2D eigenvalue weighted by Gasteiger charge is 2.34. The van der Waals surface area contributed by atoms with E-state index in [1.807, 2.05) is 0 Å². The number of hydrogen-bond donors (Lipinski definition) is 1. The van der Waals surface area contributed by atoms with Crippen LogP contribution in [0, 0.1) is 5.82 Å². The summed E-state index contributed by atoms with van der Waals surface area (Å²) in [5.74, 6) is -0.873. The van der Waals surface area contributed by atoms with E-state index in [9.17, 15) is 14.3 Å². The second-order valence-electron chi connectivity index (χ2n) is 4.13. The summed E-state index contributed by atoms with van der Waals surface area (Å²) in [6.07, 6.45) is 0. The van der Waals surface area contributed by atoms with Gasteiger partial charge in [0.1, 0.15) is 23.2 Å². The Bertz CT molecular complexity index is 619. The van der Waals surface area contributed by atoms with Crippen molar-refractivity contribution >= 4 is 5.97 Å². The van der Waals surface area contributed by atoms with Gasteiger partial charge in [-0.25, -0.2) is 4.39 Å². The zero-order valence-electron chi connectivity index (χ0n) is 9.26. The zero-order chi connectivity index (χ0) is 12.7. The largest absolute Gasteiger partial charge is 0.508 e. The second kappa shape index (κ2) is 3.84. The topological polar surface area (TPSA) is 46.5 Å². The van der Waals surface area contributed by atoms with E-state index < -0.39 is 11.9 Å². The van der Waals surface area contributed by atoms with Crippen molar-refractivity contribution in [2.75, 3.05) is 0 Å². The number of ether oxygens (including phenoxy) is 1. The van der Waals surface area contributed by atoms with Crippen LogP contribution >= 0.6 is 0 Å². The number of esters is 1. The molecule has 3 nitrogen and oxygen atoms in total. The third-order valence-electron chi connectivity index (χ3n) is 2.95. The first kappa shape index (κ1) is 10.8. The van der Waals surface area contributed by atoms with Gasteiger partial charge >= 0.3 is 5.97 Å². The summed E-state index contributed by atoms with van der Waals surface area (Å²) in [4.78, 5) is 11.8. The van der Waals surface area contributed by atoms with Crippen molar-refractivity contribution in [3.63, 3.8) is 0 Å². The van der Waals surface area contributed by atoms with Crippen LogP contribution in [-0.4, -0.2) is 11.1 Å². The summed E-state index contributed by atoms with van der Waals surface area (Å²) in [5, 5.41) is 9.46. The van der Waals surface area contributed by atoms with E-state index in [0.29, 0.717) is 16.9 Å². The highest BCUT2D eigenvalue weighted by molar-refractivity contribution is 5.89. The van der Waals surface area contributed by atoms with Gasteiger partial charge in [0.15, 0.2) is 0 Å². The lowest BCUT2D eigenvalue weighted by molar-refractivity contribution is -0.133. The molecule has 2 aromatic rings. The molecule has 1 heterocycles. The highest BCUT2D eigenvalue weighted by Crippen LogP contribution is 2.40. The molecule has 1 N–H and O–H groups in total. The molecule has 18 heavy (non-hydrogen) atoms. The van der Waals surface area contributed by atoms with Crippen molar-refractivity contribution in [2.45, 2.75) is 5.92 Å². The molecule has 90 valence electrons. The Morgan fingerprint density at radius 3 is 2.56 bits per heavy atom. The Kier molecular flexibility index (Phi) is 2.30. The molecule has 4 heteroatoms. The predicted octanol–water partition coefficient (Wildman–Crippen LogP) is 2.58.